The Morgan fingerprint density at radius 2 is 1.91 bits per heavy atom. The molecule has 0 radical (unpaired) electrons. The highest BCUT2D eigenvalue weighted by Gasteiger charge is 2.77. The summed E-state index contributed by atoms with van der Waals surface area (Å²) in [5, 5.41) is 25.9. The number of benzene rings is 2. The van der Waals surface area contributed by atoms with E-state index in [0.29, 0.717) is 50.3 Å². The standard InChI is InChI=1S/C46H58N4O8/c1-6-28-18-29-21-44(25-57-26-52,39-33(13-15-49(22-28)23-29)32-10-8-9-11-36(32)47-39)34-20-35-37(19-31(34)24-51)48(4)42-45(35)14-17-50-16-12-30(7-2)38(40(45)50)41(58-27(3)53)46(42,55)43(54)56-5/h8-12,19-20,26,28-29,38,40-42,47,51,55H,6-7,13-18,21-25H2,1-5H3/t28?,29?,38?,40-,41+,42+,44-,45+,46+/m0/s1. The van der Waals surface area contributed by atoms with Crippen molar-refractivity contribution in [3.63, 3.8) is 0 Å². The number of anilines is 1. The second-order valence-corrected chi connectivity index (χ2v) is 18.0. The van der Waals surface area contributed by atoms with E-state index in [1.807, 2.05) is 24.1 Å². The Kier molecular flexibility index (Phi) is 9.81. The van der Waals surface area contributed by atoms with Crippen LogP contribution in [0.5, 0.6) is 0 Å². The average Bonchev–Trinajstić information content (AvgIpc) is 3.89. The molecule has 1 aromatic heterocycles. The van der Waals surface area contributed by atoms with Crippen LogP contribution in [0.3, 0.4) is 0 Å². The van der Waals surface area contributed by atoms with Crippen molar-refractivity contribution in [2.75, 3.05) is 58.4 Å². The zero-order chi connectivity index (χ0) is 40.7. The van der Waals surface area contributed by atoms with Gasteiger partial charge in [-0.15, -0.1) is 0 Å². The SMILES string of the molecule is CCC1=CCN2CC[C@]34c5cc([C@@]6(COC=O)CC7CC(CC)CN(CCc8c6[nH]c6ccccc86)C7)c(CO)cc5N(C)[C@H]3[C@@](O)(C(=O)OC)[C@H](OC(C)=O)C1[C@H]24. The van der Waals surface area contributed by atoms with E-state index < -0.39 is 46.4 Å². The summed E-state index contributed by atoms with van der Waals surface area (Å²) in [5.41, 5.74) is 3.71. The van der Waals surface area contributed by atoms with Crippen molar-refractivity contribution in [3.8, 4) is 0 Å². The van der Waals surface area contributed by atoms with E-state index in [0.717, 1.165) is 77.9 Å². The average molecular weight is 795 g/mol. The fourth-order valence-corrected chi connectivity index (χ4v) is 13.4. The lowest BCUT2D eigenvalue weighted by Crippen LogP contribution is -2.78. The molecule has 2 bridgehead atoms. The second kappa shape index (κ2) is 14.5. The molecule has 2 saturated heterocycles. The predicted molar refractivity (Wildman–Crippen MR) is 218 cm³/mol. The number of ether oxygens (including phenoxy) is 3. The first kappa shape index (κ1) is 39.2. The number of aromatic amines is 1. The highest BCUT2D eigenvalue weighted by molar-refractivity contribution is 5.88. The van der Waals surface area contributed by atoms with Crippen LogP contribution < -0.4 is 4.90 Å². The molecule has 1 saturated carbocycles. The lowest BCUT2D eigenvalue weighted by molar-refractivity contribution is -0.212. The molecule has 6 aliphatic rings. The van der Waals surface area contributed by atoms with Gasteiger partial charge >= 0.3 is 11.9 Å². The number of aliphatic hydroxyl groups excluding tert-OH is 1. The van der Waals surface area contributed by atoms with Gasteiger partial charge < -0.3 is 39.2 Å². The molecule has 10 atom stereocenters. The Bertz CT molecular complexity index is 2170. The number of esters is 2. The van der Waals surface area contributed by atoms with Crippen LogP contribution in [0.1, 0.15) is 80.8 Å². The van der Waals surface area contributed by atoms with Gasteiger partial charge in [-0.2, -0.15) is 0 Å². The first-order valence-electron chi connectivity index (χ1n) is 21.3. The maximum Gasteiger partial charge on any atom is 0.344 e. The van der Waals surface area contributed by atoms with Crippen molar-refractivity contribution in [2.45, 2.75) is 101 Å². The number of nitrogens with zero attached hydrogens (tertiary/aromatic N) is 3. The Morgan fingerprint density at radius 1 is 1.10 bits per heavy atom. The number of aliphatic hydroxyl groups is 2. The maximum absolute atomic E-state index is 14.3. The number of methoxy groups -OCH3 is 1. The van der Waals surface area contributed by atoms with Gasteiger partial charge in [0.15, 0.2) is 6.10 Å². The molecule has 58 heavy (non-hydrogen) atoms. The fourth-order valence-electron chi connectivity index (χ4n) is 13.4. The summed E-state index contributed by atoms with van der Waals surface area (Å²) in [4.78, 5) is 50.5. The zero-order valence-electron chi connectivity index (χ0n) is 34.5. The van der Waals surface area contributed by atoms with E-state index in [2.05, 4.69) is 59.0 Å². The topological polar surface area (TPSA) is 145 Å². The maximum atomic E-state index is 14.3. The molecule has 12 nitrogen and oxygen atoms in total. The van der Waals surface area contributed by atoms with Crippen LogP contribution in [-0.4, -0.2) is 121 Å². The van der Waals surface area contributed by atoms with Crippen LogP contribution in [0, 0.1) is 17.8 Å². The number of para-hydroxylation sites is 1. The van der Waals surface area contributed by atoms with Gasteiger partial charge in [-0.1, -0.05) is 56.2 Å². The quantitative estimate of drug-likeness (QED) is 0.123. The highest BCUT2D eigenvalue weighted by atomic mass is 16.6. The molecule has 9 rings (SSSR count). The zero-order valence-corrected chi connectivity index (χ0v) is 34.5. The van der Waals surface area contributed by atoms with E-state index >= 15 is 0 Å². The molecule has 1 spiro atoms. The Balaban J connectivity index is 1.34. The molecule has 6 heterocycles. The van der Waals surface area contributed by atoms with Gasteiger partial charge in [0.25, 0.3) is 6.47 Å². The summed E-state index contributed by atoms with van der Waals surface area (Å²) < 4.78 is 17.6. The highest BCUT2D eigenvalue weighted by Crippen LogP contribution is 2.65. The number of H-pyrrole nitrogens is 1. The van der Waals surface area contributed by atoms with Gasteiger partial charge in [0.1, 0.15) is 6.61 Å². The number of likely N-dealkylation sites (N-methyl/N-ethyl adjacent to an activating group) is 1. The van der Waals surface area contributed by atoms with Crippen LogP contribution in [0.4, 0.5) is 5.69 Å². The normalized spacial score (nSPS) is 35.1. The van der Waals surface area contributed by atoms with Crippen molar-refractivity contribution in [1.82, 2.24) is 14.8 Å². The number of piperidine rings is 1. The van der Waals surface area contributed by atoms with E-state index in [1.54, 1.807) is 0 Å². The third-order valence-electron chi connectivity index (χ3n) is 15.4. The molecule has 0 amide bonds. The van der Waals surface area contributed by atoms with Gasteiger partial charge in [-0.3, -0.25) is 14.5 Å². The first-order chi connectivity index (χ1) is 28.0. The van der Waals surface area contributed by atoms with Gasteiger partial charge in [-0.25, -0.2) is 4.79 Å². The molecule has 1 aliphatic carbocycles. The van der Waals surface area contributed by atoms with Crippen LogP contribution in [0.15, 0.2) is 48.0 Å². The fraction of sp³-hybridized carbons (Fsp3) is 0.587. The minimum atomic E-state index is -2.24. The summed E-state index contributed by atoms with van der Waals surface area (Å²) in [5.74, 6) is -1.08. The molecule has 310 valence electrons. The summed E-state index contributed by atoms with van der Waals surface area (Å²) in [6.07, 6.45) is 5.91. The van der Waals surface area contributed by atoms with Crippen molar-refractivity contribution in [2.24, 2.45) is 17.8 Å². The summed E-state index contributed by atoms with van der Waals surface area (Å²) in [6.45, 7) is 10.3. The summed E-state index contributed by atoms with van der Waals surface area (Å²) >= 11 is 0. The van der Waals surface area contributed by atoms with E-state index in [1.165, 1.54) is 19.6 Å². The minimum Gasteiger partial charge on any atom is -0.467 e. The first-order valence-corrected chi connectivity index (χ1v) is 21.3. The van der Waals surface area contributed by atoms with Crippen LogP contribution in [-0.2, 0) is 52.5 Å². The number of hydrogen-bond donors (Lipinski definition) is 3. The minimum absolute atomic E-state index is 0.0726. The van der Waals surface area contributed by atoms with Gasteiger partial charge in [0.2, 0.25) is 5.60 Å². The Hall–Kier alpha value is -4.23. The van der Waals surface area contributed by atoms with Gasteiger partial charge in [0, 0.05) is 79.8 Å². The second-order valence-electron chi connectivity index (χ2n) is 18.0. The summed E-state index contributed by atoms with van der Waals surface area (Å²) in [6, 6.07) is 11.6. The van der Waals surface area contributed by atoms with Crippen LogP contribution in [0.25, 0.3) is 10.9 Å². The number of aromatic nitrogens is 1. The molecule has 5 aliphatic heterocycles. The molecule has 3 aromatic rings. The number of hydrogen-bond acceptors (Lipinski definition) is 11. The molecular weight excluding hydrogens is 737 g/mol. The van der Waals surface area contributed by atoms with E-state index in [4.69, 9.17) is 14.2 Å². The molecule has 4 unspecified atom stereocenters. The number of carbonyl (C=O) groups excluding carboxylic acids is 3. The monoisotopic (exact) mass is 794 g/mol. The predicted octanol–water partition coefficient (Wildman–Crippen LogP) is 4.36. The lowest BCUT2D eigenvalue weighted by atomic mass is 9.52. The summed E-state index contributed by atoms with van der Waals surface area (Å²) in [7, 11) is 3.16. The molecular formula is C46H58N4O8. The molecule has 3 fully saturated rings. The number of fused-ring (bicyclic) bond motifs is 6. The number of nitrogens with one attached hydrogen (secondary N) is 1. The Labute approximate surface area is 340 Å². The Morgan fingerprint density at radius 3 is 2.64 bits per heavy atom. The molecule has 3 N–H and O–H groups in total. The lowest BCUT2D eigenvalue weighted by Gasteiger charge is -2.59. The van der Waals surface area contributed by atoms with E-state index in [-0.39, 0.29) is 25.2 Å². The molecule has 2 aromatic carbocycles. The van der Waals surface area contributed by atoms with Crippen molar-refractivity contribution < 1.29 is 38.8 Å². The van der Waals surface area contributed by atoms with Crippen molar-refractivity contribution >= 4 is 35.0 Å². The van der Waals surface area contributed by atoms with Gasteiger partial charge in [-0.05, 0) is 84.9 Å². The third-order valence-corrected chi connectivity index (χ3v) is 15.4. The third kappa shape index (κ3) is 5.43. The van der Waals surface area contributed by atoms with E-state index in [9.17, 15) is 24.6 Å². The van der Waals surface area contributed by atoms with Crippen molar-refractivity contribution in [3.05, 3.63) is 76.0 Å². The smallest absolute Gasteiger partial charge is 0.344 e. The van der Waals surface area contributed by atoms with Crippen LogP contribution in [0.2, 0.25) is 0 Å². The number of rotatable bonds is 9. The van der Waals surface area contributed by atoms with Crippen molar-refractivity contribution in [1.29, 1.82) is 0 Å². The largest absolute Gasteiger partial charge is 0.467 e. The number of carbonyl (C=O) groups is 3. The molecule has 12 heteroatoms. The van der Waals surface area contributed by atoms with Crippen LogP contribution >= 0.6 is 0 Å². The van der Waals surface area contributed by atoms with Gasteiger partial charge in [0.05, 0.1) is 25.2 Å².